The van der Waals surface area contributed by atoms with Crippen molar-refractivity contribution in [3.63, 3.8) is 0 Å². The van der Waals surface area contributed by atoms with Crippen molar-refractivity contribution in [1.82, 2.24) is 0 Å². The summed E-state index contributed by atoms with van der Waals surface area (Å²) in [6.07, 6.45) is 1.84. The predicted octanol–water partition coefficient (Wildman–Crippen LogP) is 4.21. The van der Waals surface area contributed by atoms with Gasteiger partial charge in [-0.2, -0.15) is 0 Å². The molecule has 2 aromatic rings. The Morgan fingerprint density at radius 3 is 2.45 bits per heavy atom. The average molecular weight is 329 g/mol. The second-order valence-corrected chi connectivity index (χ2v) is 8.28. The SMILES string of the molecule is CCc1cc(SC[Si]c2cccc(C)c2C)c(CC)cc1O. The predicted molar refractivity (Wildman–Crippen MR) is 98.9 cm³/mol. The highest BCUT2D eigenvalue weighted by Crippen LogP contribution is 2.30. The van der Waals surface area contributed by atoms with Gasteiger partial charge in [-0.05, 0) is 66.5 Å². The van der Waals surface area contributed by atoms with Gasteiger partial charge in [-0.15, -0.1) is 11.8 Å². The molecule has 0 atom stereocenters. The third-order valence-electron chi connectivity index (χ3n) is 4.12. The third kappa shape index (κ3) is 3.96. The molecule has 0 aliphatic rings. The summed E-state index contributed by atoms with van der Waals surface area (Å²) >= 11 is 1.92. The number of benzene rings is 2. The first-order chi connectivity index (χ1) is 10.6. The van der Waals surface area contributed by atoms with Crippen LogP contribution in [0.25, 0.3) is 0 Å². The first-order valence-corrected chi connectivity index (χ1v) is 10.0. The fourth-order valence-electron chi connectivity index (χ4n) is 2.48. The van der Waals surface area contributed by atoms with Gasteiger partial charge in [0.15, 0.2) is 0 Å². The third-order valence-corrected chi connectivity index (χ3v) is 6.89. The molecular formula is C19H24OSSi. The average Bonchev–Trinajstić information content (AvgIpc) is 2.52. The summed E-state index contributed by atoms with van der Waals surface area (Å²) in [5.74, 6) is 0.445. The van der Waals surface area contributed by atoms with Gasteiger partial charge in [-0.3, -0.25) is 0 Å². The maximum Gasteiger partial charge on any atom is 0.119 e. The van der Waals surface area contributed by atoms with Crippen molar-refractivity contribution >= 4 is 26.5 Å². The Morgan fingerprint density at radius 2 is 1.77 bits per heavy atom. The highest BCUT2D eigenvalue weighted by Gasteiger charge is 2.09. The molecule has 0 amide bonds. The lowest BCUT2D eigenvalue weighted by Gasteiger charge is -2.12. The Labute approximate surface area is 141 Å². The van der Waals surface area contributed by atoms with E-state index in [2.05, 4.69) is 52.0 Å². The number of hydrogen-bond acceptors (Lipinski definition) is 2. The van der Waals surface area contributed by atoms with E-state index in [-0.39, 0.29) is 0 Å². The zero-order chi connectivity index (χ0) is 16.1. The van der Waals surface area contributed by atoms with Gasteiger partial charge in [0, 0.05) is 4.90 Å². The van der Waals surface area contributed by atoms with Crippen molar-refractivity contribution in [3.8, 4) is 5.75 Å². The van der Waals surface area contributed by atoms with Gasteiger partial charge in [0.25, 0.3) is 0 Å². The Balaban J connectivity index is 2.09. The first kappa shape index (κ1) is 17.2. The molecule has 0 spiro atoms. The molecule has 0 aromatic heterocycles. The quantitative estimate of drug-likeness (QED) is 0.633. The summed E-state index contributed by atoms with van der Waals surface area (Å²) < 4.78 is 0. The van der Waals surface area contributed by atoms with E-state index in [1.165, 1.54) is 26.8 Å². The number of hydrogen-bond donors (Lipinski definition) is 1. The summed E-state index contributed by atoms with van der Waals surface area (Å²) in [4.78, 5) is 1.33. The van der Waals surface area contributed by atoms with Crippen molar-refractivity contribution < 1.29 is 5.11 Å². The number of phenols is 1. The van der Waals surface area contributed by atoms with E-state index in [0.29, 0.717) is 5.75 Å². The molecule has 0 unspecified atom stereocenters. The molecule has 0 heterocycles. The van der Waals surface area contributed by atoms with Gasteiger partial charge in [0.2, 0.25) is 0 Å². The molecule has 0 bridgehead atoms. The molecule has 2 radical (unpaired) electrons. The fraction of sp³-hybridized carbons (Fsp3) is 0.368. The maximum absolute atomic E-state index is 10.0. The van der Waals surface area contributed by atoms with Crippen LogP contribution >= 0.6 is 11.8 Å². The molecule has 1 nitrogen and oxygen atoms in total. The fourth-order valence-corrected chi connectivity index (χ4v) is 5.31. The summed E-state index contributed by atoms with van der Waals surface area (Å²) in [6.45, 7) is 8.64. The topological polar surface area (TPSA) is 20.2 Å². The normalized spacial score (nSPS) is 10.9. The largest absolute Gasteiger partial charge is 0.508 e. The molecule has 0 aliphatic carbocycles. The van der Waals surface area contributed by atoms with E-state index in [0.717, 1.165) is 33.3 Å². The number of phenolic OH excluding ortho intramolecular Hbond substituents is 1. The number of rotatable bonds is 6. The van der Waals surface area contributed by atoms with Crippen LogP contribution < -0.4 is 5.19 Å². The molecular weight excluding hydrogens is 304 g/mol. The van der Waals surface area contributed by atoms with E-state index in [1.54, 1.807) is 0 Å². The lowest BCUT2D eigenvalue weighted by molar-refractivity contribution is 0.467. The molecule has 0 fully saturated rings. The lowest BCUT2D eigenvalue weighted by Crippen LogP contribution is -2.20. The van der Waals surface area contributed by atoms with Gasteiger partial charge in [0.05, 0.1) is 9.52 Å². The molecule has 1 N–H and O–H groups in total. The Bertz CT molecular complexity index is 652. The number of aromatic hydroxyl groups is 1. The second kappa shape index (κ2) is 7.89. The van der Waals surface area contributed by atoms with Gasteiger partial charge in [0.1, 0.15) is 5.75 Å². The van der Waals surface area contributed by atoms with E-state index in [1.807, 2.05) is 17.8 Å². The van der Waals surface area contributed by atoms with E-state index >= 15 is 0 Å². The minimum Gasteiger partial charge on any atom is -0.508 e. The zero-order valence-corrected chi connectivity index (χ0v) is 15.7. The van der Waals surface area contributed by atoms with Crippen LogP contribution in [0.1, 0.15) is 36.1 Å². The van der Waals surface area contributed by atoms with Gasteiger partial charge in [-0.1, -0.05) is 37.2 Å². The van der Waals surface area contributed by atoms with Crippen molar-refractivity contribution in [2.45, 2.75) is 45.4 Å². The van der Waals surface area contributed by atoms with Crippen molar-refractivity contribution in [3.05, 3.63) is 52.6 Å². The van der Waals surface area contributed by atoms with Gasteiger partial charge < -0.3 is 5.11 Å². The van der Waals surface area contributed by atoms with Crippen LogP contribution in [0, 0.1) is 13.8 Å². The smallest absolute Gasteiger partial charge is 0.119 e. The van der Waals surface area contributed by atoms with Gasteiger partial charge in [-0.25, -0.2) is 0 Å². The minimum absolute atomic E-state index is 0.445. The summed E-state index contributed by atoms with van der Waals surface area (Å²) in [5.41, 5.74) is 5.11. The Morgan fingerprint density at radius 1 is 1.05 bits per heavy atom. The Hall–Kier alpha value is -1.19. The maximum atomic E-state index is 10.0. The lowest BCUT2D eigenvalue weighted by atomic mass is 10.1. The van der Waals surface area contributed by atoms with Crippen LogP contribution in [0.3, 0.4) is 0 Å². The molecule has 116 valence electrons. The number of aryl methyl sites for hydroxylation is 3. The monoisotopic (exact) mass is 328 g/mol. The van der Waals surface area contributed by atoms with Crippen LogP contribution in [0.2, 0.25) is 0 Å². The van der Waals surface area contributed by atoms with E-state index in [9.17, 15) is 5.11 Å². The van der Waals surface area contributed by atoms with Crippen molar-refractivity contribution in [2.24, 2.45) is 0 Å². The van der Waals surface area contributed by atoms with Crippen LogP contribution in [0.4, 0.5) is 0 Å². The van der Waals surface area contributed by atoms with E-state index in [4.69, 9.17) is 0 Å². The zero-order valence-electron chi connectivity index (χ0n) is 13.9. The molecule has 0 saturated carbocycles. The van der Waals surface area contributed by atoms with E-state index < -0.39 is 0 Å². The minimum atomic E-state index is 0.445. The van der Waals surface area contributed by atoms with Crippen LogP contribution in [0.15, 0.2) is 35.2 Å². The van der Waals surface area contributed by atoms with Crippen LogP contribution in [-0.4, -0.2) is 20.0 Å². The standard InChI is InChI=1S/C19H24OSSi/c1-5-15-11-18(16(6-2)10-17(15)20)21-12-22-19-9-7-8-13(3)14(19)4/h7-11,20H,5-6,12H2,1-4H3. The van der Waals surface area contributed by atoms with Crippen LogP contribution in [0.5, 0.6) is 5.75 Å². The second-order valence-electron chi connectivity index (χ2n) is 5.51. The molecule has 0 saturated heterocycles. The van der Waals surface area contributed by atoms with Gasteiger partial charge >= 0.3 is 0 Å². The molecule has 3 heteroatoms. The number of thioether (sulfide) groups is 1. The highest BCUT2D eigenvalue weighted by atomic mass is 32.2. The first-order valence-electron chi connectivity index (χ1n) is 7.84. The summed E-state index contributed by atoms with van der Waals surface area (Å²) in [7, 11) is 0.818. The van der Waals surface area contributed by atoms with Crippen molar-refractivity contribution in [2.75, 3.05) is 5.38 Å². The van der Waals surface area contributed by atoms with Crippen LogP contribution in [-0.2, 0) is 12.8 Å². The molecule has 2 rings (SSSR count). The highest BCUT2D eigenvalue weighted by molar-refractivity contribution is 8.00. The molecule has 22 heavy (non-hydrogen) atoms. The summed E-state index contributed by atoms with van der Waals surface area (Å²) in [6, 6.07) is 10.7. The molecule has 2 aromatic carbocycles. The molecule has 0 aliphatic heterocycles. The summed E-state index contributed by atoms with van der Waals surface area (Å²) in [5, 5.41) is 12.6. The van der Waals surface area contributed by atoms with Crippen molar-refractivity contribution in [1.29, 1.82) is 0 Å². The Kier molecular flexibility index (Phi) is 6.15.